The molecule has 0 spiro atoms. The Kier molecular flexibility index (Phi) is 2.50. The standard InChI is InChI=1S/C11H12O2S/c1-7-2-3-10-9(6-7)8(11(12)13)4-5-14-10/h2-3,6,8H,4-5H2,1H3,(H,12,13). The van der Waals surface area contributed by atoms with Gasteiger partial charge in [0, 0.05) is 4.90 Å². The fourth-order valence-electron chi connectivity index (χ4n) is 1.77. The second-order valence-electron chi connectivity index (χ2n) is 3.57. The summed E-state index contributed by atoms with van der Waals surface area (Å²) in [7, 11) is 0. The van der Waals surface area contributed by atoms with Crippen molar-refractivity contribution in [2.24, 2.45) is 0 Å². The monoisotopic (exact) mass is 208 g/mol. The topological polar surface area (TPSA) is 37.3 Å². The molecule has 0 saturated heterocycles. The van der Waals surface area contributed by atoms with Crippen molar-refractivity contribution in [1.82, 2.24) is 0 Å². The lowest BCUT2D eigenvalue weighted by atomic mass is 9.95. The molecular formula is C11H12O2S. The maximum absolute atomic E-state index is 11.0. The van der Waals surface area contributed by atoms with Crippen molar-refractivity contribution in [3.8, 4) is 0 Å². The average Bonchev–Trinajstić information content (AvgIpc) is 2.16. The quantitative estimate of drug-likeness (QED) is 0.771. The minimum atomic E-state index is -0.697. The number of carboxylic acid groups (broad SMARTS) is 1. The zero-order chi connectivity index (χ0) is 10.1. The fourth-order valence-corrected chi connectivity index (χ4v) is 2.88. The minimum Gasteiger partial charge on any atom is -0.481 e. The number of aryl methyl sites for hydroxylation is 1. The predicted octanol–water partition coefficient (Wildman–Crippen LogP) is 2.66. The molecule has 2 nitrogen and oxygen atoms in total. The average molecular weight is 208 g/mol. The van der Waals surface area contributed by atoms with Crippen LogP contribution < -0.4 is 0 Å². The lowest BCUT2D eigenvalue weighted by Crippen LogP contribution is -2.16. The van der Waals surface area contributed by atoms with Gasteiger partial charge in [0.2, 0.25) is 0 Å². The molecule has 1 heterocycles. The van der Waals surface area contributed by atoms with E-state index in [1.807, 2.05) is 25.1 Å². The summed E-state index contributed by atoms with van der Waals surface area (Å²) in [5, 5.41) is 9.07. The third-order valence-electron chi connectivity index (χ3n) is 2.50. The highest BCUT2D eigenvalue weighted by atomic mass is 32.2. The van der Waals surface area contributed by atoms with Gasteiger partial charge in [-0.15, -0.1) is 11.8 Å². The first-order chi connectivity index (χ1) is 6.68. The summed E-state index contributed by atoms with van der Waals surface area (Å²) in [6.07, 6.45) is 0.746. The van der Waals surface area contributed by atoms with E-state index in [4.69, 9.17) is 5.11 Å². The van der Waals surface area contributed by atoms with Gasteiger partial charge in [-0.05, 0) is 30.7 Å². The van der Waals surface area contributed by atoms with E-state index in [2.05, 4.69) is 0 Å². The Hall–Kier alpha value is -0.960. The molecule has 1 aliphatic rings. The van der Waals surface area contributed by atoms with Crippen molar-refractivity contribution >= 4 is 17.7 Å². The van der Waals surface area contributed by atoms with Gasteiger partial charge in [0.1, 0.15) is 0 Å². The summed E-state index contributed by atoms with van der Waals surface area (Å²) >= 11 is 1.76. The Balaban J connectivity index is 2.46. The molecule has 0 radical (unpaired) electrons. The molecule has 74 valence electrons. The van der Waals surface area contributed by atoms with Crippen molar-refractivity contribution in [1.29, 1.82) is 0 Å². The highest BCUT2D eigenvalue weighted by Gasteiger charge is 2.26. The Morgan fingerprint density at radius 1 is 1.57 bits per heavy atom. The first kappa shape index (κ1) is 9.59. The first-order valence-electron chi connectivity index (χ1n) is 4.64. The molecule has 1 unspecified atom stereocenters. The number of hydrogen-bond acceptors (Lipinski definition) is 2. The zero-order valence-electron chi connectivity index (χ0n) is 7.99. The summed E-state index contributed by atoms with van der Waals surface area (Å²) in [4.78, 5) is 12.2. The Bertz CT molecular complexity index is 374. The molecule has 0 amide bonds. The summed E-state index contributed by atoms with van der Waals surface area (Å²) in [5.74, 6) is -0.0872. The van der Waals surface area contributed by atoms with Gasteiger partial charge in [0.05, 0.1) is 5.92 Å². The molecule has 1 aliphatic heterocycles. The van der Waals surface area contributed by atoms with Crippen LogP contribution in [-0.2, 0) is 4.79 Å². The van der Waals surface area contributed by atoms with Gasteiger partial charge in [0.25, 0.3) is 0 Å². The molecule has 0 aliphatic carbocycles. The zero-order valence-corrected chi connectivity index (χ0v) is 8.80. The third kappa shape index (κ3) is 1.64. The Labute approximate surface area is 87.3 Å². The maximum atomic E-state index is 11.0. The maximum Gasteiger partial charge on any atom is 0.311 e. The number of fused-ring (bicyclic) bond motifs is 1. The number of benzene rings is 1. The van der Waals surface area contributed by atoms with Crippen LogP contribution in [-0.4, -0.2) is 16.8 Å². The molecule has 0 aromatic heterocycles. The van der Waals surface area contributed by atoms with Gasteiger partial charge in [-0.3, -0.25) is 4.79 Å². The Morgan fingerprint density at radius 2 is 2.36 bits per heavy atom. The van der Waals surface area contributed by atoms with Crippen molar-refractivity contribution in [3.63, 3.8) is 0 Å². The highest BCUT2D eigenvalue weighted by molar-refractivity contribution is 7.99. The SMILES string of the molecule is Cc1ccc2c(c1)C(C(=O)O)CCS2. The van der Waals surface area contributed by atoms with Crippen LogP contribution in [0, 0.1) is 6.92 Å². The highest BCUT2D eigenvalue weighted by Crippen LogP contribution is 2.37. The lowest BCUT2D eigenvalue weighted by Gasteiger charge is -2.21. The fraction of sp³-hybridized carbons (Fsp3) is 0.364. The second kappa shape index (κ2) is 3.65. The lowest BCUT2D eigenvalue weighted by molar-refractivity contribution is -0.138. The van der Waals surface area contributed by atoms with E-state index < -0.39 is 5.97 Å². The van der Waals surface area contributed by atoms with Crippen LogP contribution in [0.15, 0.2) is 23.1 Å². The molecule has 1 aromatic carbocycles. The molecular weight excluding hydrogens is 196 g/mol. The first-order valence-corrected chi connectivity index (χ1v) is 5.63. The van der Waals surface area contributed by atoms with E-state index >= 15 is 0 Å². The van der Waals surface area contributed by atoms with Gasteiger partial charge in [-0.1, -0.05) is 17.7 Å². The second-order valence-corrected chi connectivity index (χ2v) is 4.71. The van der Waals surface area contributed by atoms with Crippen molar-refractivity contribution < 1.29 is 9.90 Å². The molecule has 0 bridgehead atoms. The van der Waals surface area contributed by atoms with Gasteiger partial charge >= 0.3 is 5.97 Å². The number of thioether (sulfide) groups is 1. The molecule has 1 N–H and O–H groups in total. The van der Waals surface area contributed by atoms with Gasteiger partial charge in [-0.2, -0.15) is 0 Å². The van der Waals surface area contributed by atoms with Gasteiger partial charge in [0.15, 0.2) is 0 Å². The minimum absolute atomic E-state index is 0.300. The van der Waals surface area contributed by atoms with E-state index in [0.29, 0.717) is 0 Å². The molecule has 2 rings (SSSR count). The third-order valence-corrected chi connectivity index (χ3v) is 3.63. The number of hydrogen-bond donors (Lipinski definition) is 1. The van der Waals surface area contributed by atoms with Crippen molar-refractivity contribution in [2.75, 3.05) is 5.75 Å². The number of rotatable bonds is 1. The molecule has 1 aromatic rings. The van der Waals surface area contributed by atoms with Crippen molar-refractivity contribution in [3.05, 3.63) is 29.3 Å². The number of carboxylic acids is 1. The molecule has 0 saturated carbocycles. The van der Waals surface area contributed by atoms with E-state index in [-0.39, 0.29) is 5.92 Å². The summed E-state index contributed by atoms with van der Waals surface area (Å²) in [5.41, 5.74) is 2.13. The van der Waals surface area contributed by atoms with E-state index in [9.17, 15) is 4.79 Å². The summed E-state index contributed by atoms with van der Waals surface area (Å²) in [6.45, 7) is 2.00. The molecule has 0 fully saturated rings. The summed E-state index contributed by atoms with van der Waals surface area (Å²) < 4.78 is 0. The van der Waals surface area contributed by atoms with Crippen LogP contribution in [0.5, 0.6) is 0 Å². The molecule has 3 heteroatoms. The van der Waals surface area contributed by atoms with Crippen LogP contribution in [0.4, 0.5) is 0 Å². The van der Waals surface area contributed by atoms with Crippen LogP contribution in [0.1, 0.15) is 23.5 Å². The van der Waals surface area contributed by atoms with E-state index in [1.165, 1.54) is 0 Å². The van der Waals surface area contributed by atoms with Crippen LogP contribution in [0.3, 0.4) is 0 Å². The van der Waals surface area contributed by atoms with Gasteiger partial charge < -0.3 is 5.11 Å². The largest absolute Gasteiger partial charge is 0.481 e. The van der Waals surface area contributed by atoms with Crippen LogP contribution in [0.25, 0.3) is 0 Å². The predicted molar refractivity (Wildman–Crippen MR) is 56.9 cm³/mol. The molecule has 1 atom stereocenters. The Morgan fingerprint density at radius 3 is 3.07 bits per heavy atom. The molecule has 14 heavy (non-hydrogen) atoms. The van der Waals surface area contributed by atoms with Gasteiger partial charge in [-0.25, -0.2) is 0 Å². The number of carbonyl (C=O) groups is 1. The van der Waals surface area contributed by atoms with Crippen molar-refractivity contribution in [2.45, 2.75) is 24.2 Å². The van der Waals surface area contributed by atoms with Crippen LogP contribution >= 0.6 is 11.8 Å². The smallest absolute Gasteiger partial charge is 0.311 e. The van der Waals surface area contributed by atoms with E-state index in [0.717, 1.165) is 28.2 Å². The van der Waals surface area contributed by atoms with E-state index in [1.54, 1.807) is 11.8 Å². The van der Waals surface area contributed by atoms with Crippen LogP contribution in [0.2, 0.25) is 0 Å². The normalized spacial score (nSPS) is 20.2. The summed E-state index contributed by atoms with van der Waals surface area (Å²) in [6, 6.07) is 6.07. The number of aliphatic carboxylic acids is 1.